The average Bonchev–Trinajstić information content (AvgIpc) is 3.57. The van der Waals surface area contributed by atoms with E-state index in [1.165, 1.54) is 0 Å². The average molecular weight is 536 g/mol. The molecule has 0 aliphatic heterocycles. The molecule has 0 radical (unpaired) electrons. The minimum absolute atomic E-state index is 0.0255. The van der Waals surface area contributed by atoms with Crippen molar-refractivity contribution in [1.82, 2.24) is 10.2 Å². The quantitative estimate of drug-likeness (QED) is 0.327. The summed E-state index contributed by atoms with van der Waals surface area (Å²) in [6, 6.07) is 10.6. The molecule has 0 heterocycles. The Labute approximate surface area is 231 Å². The lowest BCUT2D eigenvalue weighted by Gasteiger charge is -2.35. The van der Waals surface area contributed by atoms with Gasteiger partial charge in [0.05, 0.1) is 0 Å². The van der Waals surface area contributed by atoms with Crippen LogP contribution in [0.4, 0.5) is 10.5 Å². The van der Waals surface area contributed by atoms with Crippen LogP contribution in [-0.4, -0.2) is 46.2 Å². The Balaban J connectivity index is 2.07. The van der Waals surface area contributed by atoms with Gasteiger partial charge in [-0.3, -0.25) is 9.59 Å². The molecule has 0 aromatic heterocycles. The number of hydrogen-bond acceptors (Lipinski definition) is 5. The van der Waals surface area contributed by atoms with E-state index in [0.29, 0.717) is 16.8 Å². The van der Waals surface area contributed by atoms with E-state index in [4.69, 9.17) is 11.2 Å². The van der Waals surface area contributed by atoms with Crippen molar-refractivity contribution in [2.45, 2.75) is 71.7 Å². The molecule has 7 nitrogen and oxygen atoms in total. The van der Waals surface area contributed by atoms with Gasteiger partial charge in [0.1, 0.15) is 17.7 Å². The molecule has 0 saturated heterocycles. The van der Waals surface area contributed by atoms with Gasteiger partial charge >= 0.3 is 6.09 Å². The van der Waals surface area contributed by atoms with Gasteiger partial charge in [-0.2, -0.15) is 12.6 Å². The number of ether oxygens (including phenoxy) is 1. The van der Waals surface area contributed by atoms with Gasteiger partial charge in [-0.1, -0.05) is 49.2 Å². The molecular formula is C30H37N3O4S. The number of amides is 3. The third kappa shape index (κ3) is 6.90. The van der Waals surface area contributed by atoms with E-state index in [0.717, 1.165) is 17.5 Å². The maximum absolute atomic E-state index is 14.1. The van der Waals surface area contributed by atoms with Gasteiger partial charge in [-0.05, 0) is 69.7 Å². The van der Waals surface area contributed by atoms with E-state index in [1.54, 1.807) is 49.9 Å². The molecule has 4 unspecified atom stereocenters. The van der Waals surface area contributed by atoms with Crippen molar-refractivity contribution in [2.24, 2.45) is 5.92 Å². The topological polar surface area (TPSA) is 87.7 Å². The van der Waals surface area contributed by atoms with Crippen LogP contribution in [0.1, 0.15) is 62.4 Å². The van der Waals surface area contributed by atoms with Crippen molar-refractivity contribution in [3.63, 3.8) is 0 Å². The molecule has 0 spiro atoms. The molecule has 2 aromatic carbocycles. The summed E-state index contributed by atoms with van der Waals surface area (Å²) in [5.41, 5.74) is 2.82. The minimum atomic E-state index is -1.02. The van der Waals surface area contributed by atoms with E-state index in [1.807, 2.05) is 39.0 Å². The molecule has 1 saturated carbocycles. The Kier molecular flexibility index (Phi) is 9.16. The van der Waals surface area contributed by atoms with Gasteiger partial charge < -0.3 is 20.3 Å². The molecule has 2 aromatic rings. The second kappa shape index (κ2) is 12.0. The van der Waals surface area contributed by atoms with Crippen LogP contribution >= 0.6 is 12.6 Å². The fraction of sp³-hybridized carbons (Fsp3) is 0.433. The Morgan fingerprint density at radius 3 is 2.26 bits per heavy atom. The molecule has 4 atom stereocenters. The summed E-state index contributed by atoms with van der Waals surface area (Å²) in [5, 5.41) is 5.70. The second-order valence-corrected chi connectivity index (χ2v) is 11.2. The fourth-order valence-electron chi connectivity index (χ4n) is 4.47. The molecule has 3 rings (SSSR count). The molecule has 202 valence electrons. The molecule has 1 fully saturated rings. The SMILES string of the molecule is C#Cc1ccccc1C(C(=O)Nc1c(C)cccc1C)N(C(=O)C(CS)NC(=O)OC(C)(C)C)C1CC1C. The lowest BCUT2D eigenvalue weighted by Crippen LogP contribution is -2.54. The predicted molar refractivity (Wildman–Crippen MR) is 153 cm³/mol. The van der Waals surface area contributed by atoms with Gasteiger partial charge in [-0.25, -0.2) is 4.79 Å². The van der Waals surface area contributed by atoms with Crippen molar-refractivity contribution in [3.8, 4) is 12.3 Å². The van der Waals surface area contributed by atoms with Crippen LogP contribution in [0.25, 0.3) is 0 Å². The number of benzene rings is 2. The van der Waals surface area contributed by atoms with Crippen LogP contribution in [0.5, 0.6) is 0 Å². The molecule has 1 aliphatic carbocycles. The van der Waals surface area contributed by atoms with Crippen LogP contribution in [0.15, 0.2) is 42.5 Å². The number of carbonyl (C=O) groups is 3. The first-order valence-corrected chi connectivity index (χ1v) is 13.4. The van der Waals surface area contributed by atoms with Crippen LogP contribution in [-0.2, 0) is 14.3 Å². The van der Waals surface area contributed by atoms with Crippen molar-refractivity contribution in [3.05, 3.63) is 64.7 Å². The first kappa shape index (κ1) is 29.1. The smallest absolute Gasteiger partial charge is 0.408 e. The zero-order chi connectivity index (χ0) is 28.2. The number of carbonyl (C=O) groups excluding carboxylic acids is 3. The zero-order valence-corrected chi connectivity index (χ0v) is 23.8. The van der Waals surface area contributed by atoms with E-state index < -0.39 is 29.7 Å². The van der Waals surface area contributed by atoms with Crippen LogP contribution in [0, 0.1) is 32.1 Å². The van der Waals surface area contributed by atoms with Crippen molar-refractivity contribution >= 4 is 36.2 Å². The number of nitrogens with zero attached hydrogens (tertiary/aromatic N) is 1. The van der Waals surface area contributed by atoms with Gasteiger partial charge in [0, 0.05) is 23.0 Å². The summed E-state index contributed by atoms with van der Waals surface area (Å²) >= 11 is 4.35. The molecule has 0 bridgehead atoms. The zero-order valence-electron chi connectivity index (χ0n) is 22.9. The van der Waals surface area contributed by atoms with Crippen molar-refractivity contribution in [2.75, 3.05) is 11.1 Å². The Morgan fingerprint density at radius 2 is 1.74 bits per heavy atom. The Hall–Kier alpha value is -3.44. The summed E-state index contributed by atoms with van der Waals surface area (Å²) < 4.78 is 5.37. The van der Waals surface area contributed by atoms with Gasteiger partial charge in [-0.15, -0.1) is 6.42 Å². The summed E-state index contributed by atoms with van der Waals surface area (Å²) in [5.74, 6) is 2.06. The van der Waals surface area contributed by atoms with Crippen molar-refractivity contribution in [1.29, 1.82) is 0 Å². The Bertz CT molecular complexity index is 1230. The highest BCUT2D eigenvalue weighted by Gasteiger charge is 2.48. The normalized spacial score (nSPS) is 17.9. The third-order valence-corrected chi connectivity index (χ3v) is 6.88. The first-order valence-electron chi connectivity index (χ1n) is 12.7. The number of anilines is 1. The van der Waals surface area contributed by atoms with Gasteiger partial charge in [0.15, 0.2) is 0 Å². The molecule has 2 N–H and O–H groups in total. The van der Waals surface area contributed by atoms with E-state index in [-0.39, 0.29) is 23.6 Å². The second-order valence-electron chi connectivity index (χ2n) is 10.8. The number of rotatable bonds is 8. The number of para-hydroxylation sites is 1. The van der Waals surface area contributed by atoms with Gasteiger partial charge in [0.25, 0.3) is 5.91 Å². The highest BCUT2D eigenvalue weighted by molar-refractivity contribution is 7.80. The molecule has 38 heavy (non-hydrogen) atoms. The molecule has 8 heteroatoms. The maximum Gasteiger partial charge on any atom is 0.408 e. The van der Waals surface area contributed by atoms with E-state index in [2.05, 4.69) is 29.2 Å². The predicted octanol–water partition coefficient (Wildman–Crippen LogP) is 5.02. The number of alkyl carbamates (subject to hydrolysis) is 1. The summed E-state index contributed by atoms with van der Waals surface area (Å²) in [6.45, 7) is 11.1. The van der Waals surface area contributed by atoms with E-state index in [9.17, 15) is 14.4 Å². The standard InChI is InChI=1S/C30H37N3O4S/c1-8-21-14-9-10-15-22(21)26(27(34)32-25-18(2)12-11-13-19(25)3)33(24-16-20(24)4)28(35)23(17-38)31-29(36)37-30(5,6)7/h1,9-15,20,23-24,26,38H,16-17H2,2-7H3,(H,31,36)(H,32,34). The maximum atomic E-state index is 14.1. The lowest BCUT2D eigenvalue weighted by atomic mass is 9.96. The van der Waals surface area contributed by atoms with Gasteiger partial charge in [0.2, 0.25) is 5.91 Å². The number of thiol groups is 1. The highest BCUT2D eigenvalue weighted by Crippen LogP contribution is 2.41. The lowest BCUT2D eigenvalue weighted by molar-refractivity contribution is -0.141. The van der Waals surface area contributed by atoms with E-state index >= 15 is 0 Å². The summed E-state index contributed by atoms with van der Waals surface area (Å²) in [6.07, 6.45) is 5.82. The minimum Gasteiger partial charge on any atom is -0.444 e. The number of aryl methyl sites for hydroxylation is 2. The summed E-state index contributed by atoms with van der Waals surface area (Å²) in [4.78, 5) is 42.3. The third-order valence-electron chi connectivity index (χ3n) is 6.52. The van der Waals surface area contributed by atoms with Crippen LogP contribution < -0.4 is 10.6 Å². The molecular weight excluding hydrogens is 498 g/mol. The fourth-order valence-corrected chi connectivity index (χ4v) is 4.72. The first-order chi connectivity index (χ1) is 17.9. The molecule has 1 aliphatic rings. The monoisotopic (exact) mass is 535 g/mol. The Morgan fingerprint density at radius 1 is 1.13 bits per heavy atom. The highest BCUT2D eigenvalue weighted by atomic mass is 32.1. The van der Waals surface area contributed by atoms with Crippen LogP contribution in [0.3, 0.4) is 0 Å². The summed E-state index contributed by atoms with van der Waals surface area (Å²) in [7, 11) is 0. The number of hydrogen-bond donors (Lipinski definition) is 3. The number of terminal acetylenes is 1. The number of nitrogens with one attached hydrogen (secondary N) is 2. The largest absolute Gasteiger partial charge is 0.444 e. The van der Waals surface area contributed by atoms with Crippen LogP contribution in [0.2, 0.25) is 0 Å². The molecule has 3 amide bonds. The van der Waals surface area contributed by atoms with Crippen molar-refractivity contribution < 1.29 is 19.1 Å².